The fourth-order valence-electron chi connectivity index (χ4n) is 9.01. The SMILES string of the molecule is Cc1nc2ccccc2n1[C@H]1C[C@H]2CC[C@@H](C1)N2CCC1(c2cccc(F)c2)CCN(C(=O)c2c(F)ccc(S(=O)(=O)NC3CC3)c2F)CC1. The number of halogens is 3. The molecule has 0 spiro atoms. The first kappa shape index (κ1) is 33.4. The van der Waals surface area contributed by atoms with Crippen LogP contribution in [0, 0.1) is 24.4 Å². The molecule has 4 heterocycles. The normalized spacial score (nSPS) is 23.8. The van der Waals surface area contributed by atoms with Gasteiger partial charge in [-0.05, 0) is 119 Å². The molecule has 8 rings (SSSR count). The third-order valence-corrected chi connectivity index (χ3v) is 13.3. The summed E-state index contributed by atoms with van der Waals surface area (Å²) in [5.41, 5.74) is 1.77. The fraction of sp³-hybridized carbons (Fsp3) is 0.474. The Morgan fingerprint density at radius 1 is 0.920 bits per heavy atom. The molecule has 3 aliphatic heterocycles. The number of piperidine rings is 2. The lowest BCUT2D eigenvalue weighted by atomic mass is 9.70. The second-order valence-corrected chi connectivity index (χ2v) is 16.4. The van der Waals surface area contributed by atoms with Gasteiger partial charge in [-0.15, -0.1) is 0 Å². The standard InChI is InChI=1S/C38H42F3N5O3S/c1-24-42-32-7-2-3-8-33(32)46(24)30-22-28-11-12-29(23-30)45(28)20-17-38(25-5-4-6-26(39)21-25)15-18-44(19-16-38)37(47)35-31(40)13-14-34(36(35)41)50(48,49)43-27-9-10-27/h2-8,13-14,21,27-30,43H,9-12,15-20,22-23H2,1H3/t28-,29+,30+. The number of fused-ring (bicyclic) bond motifs is 3. The summed E-state index contributed by atoms with van der Waals surface area (Å²) in [7, 11) is -4.25. The van der Waals surface area contributed by atoms with Gasteiger partial charge in [-0.1, -0.05) is 24.3 Å². The number of rotatable bonds is 9. The Labute approximate surface area is 290 Å². The third-order valence-electron chi connectivity index (χ3n) is 11.7. The Kier molecular flexibility index (Phi) is 8.55. The summed E-state index contributed by atoms with van der Waals surface area (Å²) in [5.74, 6) is -2.64. The van der Waals surface area contributed by atoms with E-state index < -0.39 is 43.4 Å². The van der Waals surface area contributed by atoms with E-state index in [1.165, 1.54) is 16.5 Å². The Morgan fingerprint density at radius 2 is 1.64 bits per heavy atom. The first-order valence-electron chi connectivity index (χ1n) is 17.8. The highest BCUT2D eigenvalue weighted by Gasteiger charge is 2.45. The minimum atomic E-state index is -4.25. The van der Waals surface area contributed by atoms with Crippen LogP contribution in [0.4, 0.5) is 13.2 Å². The quantitative estimate of drug-likeness (QED) is 0.211. The van der Waals surface area contributed by atoms with E-state index in [0.29, 0.717) is 43.8 Å². The van der Waals surface area contributed by atoms with Gasteiger partial charge in [0.15, 0.2) is 5.82 Å². The van der Waals surface area contributed by atoms with Crippen molar-refractivity contribution in [3.63, 3.8) is 0 Å². The Balaban J connectivity index is 0.997. The number of nitrogens with one attached hydrogen (secondary N) is 1. The van der Waals surface area contributed by atoms with Crippen LogP contribution in [-0.4, -0.2) is 71.4 Å². The number of imidazole rings is 1. The summed E-state index contributed by atoms with van der Waals surface area (Å²) in [5, 5.41) is 0. The van der Waals surface area contributed by atoms with Crippen molar-refractivity contribution in [2.45, 2.75) is 99.2 Å². The predicted molar refractivity (Wildman–Crippen MR) is 184 cm³/mol. The van der Waals surface area contributed by atoms with Crippen molar-refractivity contribution in [2.75, 3.05) is 19.6 Å². The van der Waals surface area contributed by atoms with Crippen molar-refractivity contribution in [3.8, 4) is 0 Å². The molecule has 8 nitrogen and oxygen atoms in total. The van der Waals surface area contributed by atoms with E-state index in [9.17, 15) is 17.6 Å². The van der Waals surface area contributed by atoms with Crippen LogP contribution < -0.4 is 4.72 Å². The van der Waals surface area contributed by atoms with Crippen LogP contribution in [0.3, 0.4) is 0 Å². The van der Waals surface area contributed by atoms with E-state index in [1.807, 2.05) is 12.1 Å². The van der Waals surface area contributed by atoms with Gasteiger partial charge in [-0.25, -0.2) is 31.3 Å². The molecule has 4 fully saturated rings. The summed E-state index contributed by atoms with van der Waals surface area (Å²) >= 11 is 0. The number of nitrogens with zero attached hydrogens (tertiary/aromatic N) is 4. The number of carbonyl (C=O) groups is 1. The minimum Gasteiger partial charge on any atom is -0.338 e. The number of amides is 1. The van der Waals surface area contributed by atoms with E-state index in [4.69, 9.17) is 4.98 Å². The van der Waals surface area contributed by atoms with Crippen molar-refractivity contribution in [1.29, 1.82) is 0 Å². The van der Waals surface area contributed by atoms with E-state index >= 15 is 8.78 Å². The van der Waals surface area contributed by atoms with Crippen LogP contribution in [0.15, 0.2) is 65.6 Å². The zero-order valence-corrected chi connectivity index (χ0v) is 28.9. The van der Waals surface area contributed by atoms with Crippen molar-refractivity contribution in [1.82, 2.24) is 24.1 Å². The number of likely N-dealkylation sites (tertiary alicyclic amines) is 1. The maximum Gasteiger partial charge on any atom is 0.259 e. The molecule has 3 atom stereocenters. The maximum absolute atomic E-state index is 15.6. The molecule has 0 radical (unpaired) electrons. The smallest absolute Gasteiger partial charge is 0.259 e. The first-order valence-corrected chi connectivity index (χ1v) is 19.3. The number of sulfonamides is 1. The molecule has 12 heteroatoms. The van der Waals surface area contributed by atoms with Gasteiger partial charge in [0, 0.05) is 37.3 Å². The molecule has 50 heavy (non-hydrogen) atoms. The molecule has 1 amide bonds. The number of hydrogen-bond donors (Lipinski definition) is 1. The van der Waals surface area contributed by atoms with Gasteiger partial charge < -0.3 is 9.47 Å². The zero-order chi connectivity index (χ0) is 34.8. The van der Waals surface area contributed by atoms with Gasteiger partial charge >= 0.3 is 0 Å². The number of benzene rings is 3. The summed E-state index contributed by atoms with van der Waals surface area (Å²) in [6.07, 6.45) is 7.36. The highest BCUT2D eigenvalue weighted by molar-refractivity contribution is 7.89. The van der Waals surface area contributed by atoms with Crippen molar-refractivity contribution in [3.05, 3.63) is 95.1 Å². The van der Waals surface area contributed by atoms with Crippen molar-refractivity contribution < 1.29 is 26.4 Å². The number of para-hydroxylation sites is 2. The monoisotopic (exact) mass is 705 g/mol. The van der Waals surface area contributed by atoms with Crippen molar-refractivity contribution in [2.24, 2.45) is 0 Å². The molecule has 3 saturated heterocycles. The van der Waals surface area contributed by atoms with Crippen LogP contribution in [0.25, 0.3) is 11.0 Å². The van der Waals surface area contributed by atoms with Crippen LogP contribution >= 0.6 is 0 Å². The molecule has 3 aromatic carbocycles. The summed E-state index contributed by atoms with van der Waals surface area (Å²) in [4.78, 5) is 21.8. The average molecular weight is 706 g/mol. The number of aryl methyl sites for hydroxylation is 1. The molecular weight excluding hydrogens is 664 g/mol. The summed E-state index contributed by atoms with van der Waals surface area (Å²) in [6.45, 7) is 3.32. The molecule has 2 bridgehead atoms. The molecule has 1 saturated carbocycles. The van der Waals surface area contributed by atoms with Crippen molar-refractivity contribution >= 4 is 27.0 Å². The molecule has 4 aromatic rings. The fourth-order valence-corrected chi connectivity index (χ4v) is 10.4. The molecule has 1 aromatic heterocycles. The molecule has 0 unspecified atom stereocenters. The van der Waals surface area contributed by atoms with Gasteiger partial charge in [0.1, 0.15) is 27.9 Å². The molecule has 4 aliphatic rings. The van der Waals surface area contributed by atoms with Crippen LogP contribution in [0.2, 0.25) is 0 Å². The van der Waals surface area contributed by atoms with Gasteiger partial charge in [-0.2, -0.15) is 0 Å². The lowest BCUT2D eigenvalue weighted by Crippen LogP contribution is -2.49. The van der Waals surface area contributed by atoms with E-state index in [0.717, 1.165) is 67.7 Å². The van der Waals surface area contributed by atoms with E-state index in [-0.39, 0.29) is 24.9 Å². The summed E-state index contributed by atoms with van der Waals surface area (Å²) in [6, 6.07) is 17.6. The Morgan fingerprint density at radius 3 is 2.34 bits per heavy atom. The molecule has 1 N–H and O–H groups in total. The van der Waals surface area contributed by atoms with Crippen LogP contribution in [-0.2, 0) is 15.4 Å². The maximum atomic E-state index is 15.6. The molecular formula is C38H42F3N5O3S. The Bertz CT molecular complexity index is 2040. The Hall–Kier alpha value is -3.74. The van der Waals surface area contributed by atoms with Crippen LogP contribution in [0.1, 0.15) is 85.6 Å². The second kappa shape index (κ2) is 12.8. The minimum absolute atomic E-state index is 0.202. The molecule has 264 valence electrons. The number of carbonyl (C=O) groups excluding carboxylic acids is 1. The topological polar surface area (TPSA) is 87.5 Å². The molecule has 1 aliphatic carbocycles. The lowest BCUT2D eigenvalue weighted by molar-refractivity contribution is 0.0598. The summed E-state index contributed by atoms with van der Waals surface area (Å²) < 4.78 is 75.7. The number of hydrogen-bond acceptors (Lipinski definition) is 5. The highest BCUT2D eigenvalue weighted by Crippen LogP contribution is 2.45. The highest BCUT2D eigenvalue weighted by atomic mass is 32.2. The van der Waals surface area contributed by atoms with Gasteiger partial charge in [0.25, 0.3) is 5.91 Å². The van der Waals surface area contributed by atoms with Crippen LogP contribution in [0.5, 0.6) is 0 Å². The number of aromatic nitrogens is 2. The third kappa shape index (κ3) is 6.02. The van der Waals surface area contributed by atoms with Gasteiger partial charge in [0.05, 0.1) is 11.0 Å². The lowest BCUT2D eigenvalue weighted by Gasteiger charge is -2.45. The van der Waals surface area contributed by atoms with Gasteiger partial charge in [0.2, 0.25) is 10.0 Å². The van der Waals surface area contributed by atoms with Gasteiger partial charge in [-0.3, -0.25) is 9.69 Å². The average Bonchev–Trinajstić information content (AvgIpc) is 3.78. The largest absolute Gasteiger partial charge is 0.338 e. The zero-order valence-electron chi connectivity index (χ0n) is 28.1. The second-order valence-electron chi connectivity index (χ2n) is 14.7. The van der Waals surface area contributed by atoms with E-state index in [2.05, 4.69) is 39.3 Å². The van der Waals surface area contributed by atoms with E-state index in [1.54, 1.807) is 12.1 Å². The first-order chi connectivity index (χ1) is 24.0. The predicted octanol–water partition coefficient (Wildman–Crippen LogP) is 6.63.